The number of carbonyl (C=O) groups is 1. The Morgan fingerprint density at radius 3 is 2.37 bits per heavy atom. The summed E-state index contributed by atoms with van der Waals surface area (Å²) in [6, 6.07) is 9.72. The van der Waals surface area contributed by atoms with Gasteiger partial charge in [0.15, 0.2) is 11.6 Å². The fourth-order valence-electron chi connectivity index (χ4n) is 6.23. The average Bonchev–Trinajstić information content (AvgIpc) is 3.63. The first-order chi connectivity index (χ1) is 21.8. The molecule has 2 atom stereocenters. The molecule has 242 valence electrons. The molecule has 2 aliphatic heterocycles. The van der Waals surface area contributed by atoms with Gasteiger partial charge in [0, 0.05) is 37.5 Å². The molecule has 2 saturated heterocycles. The van der Waals surface area contributed by atoms with Gasteiger partial charge in [-0.2, -0.15) is 23.3 Å². The molecule has 2 aromatic carbocycles. The number of benzene rings is 2. The number of aromatic nitrogens is 4. The molecule has 0 aliphatic carbocycles. The first-order valence-electron chi connectivity index (χ1n) is 14.7. The Balaban J connectivity index is 1.31. The van der Waals surface area contributed by atoms with Crippen LogP contribution in [-0.2, 0) is 4.79 Å². The molecule has 46 heavy (non-hydrogen) atoms. The summed E-state index contributed by atoms with van der Waals surface area (Å²) in [5.41, 5.74) is 0.791. The van der Waals surface area contributed by atoms with Crippen molar-refractivity contribution in [1.82, 2.24) is 25.1 Å². The van der Waals surface area contributed by atoms with Crippen LogP contribution >= 0.6 is 0 Å². The molecule has 4 aromatic rings. The Morgan fingerprint density at radius 1 is 1.02 bits per heavy atom. The van der Waals surface area contributed by atoms with Crippen molar-refractivity contribution >= 4 is 11.8 Å². The van der Waals surface area contributed by atoms with Crippen molar-refractivity contribution in [1.29, 1.82) is 0 Å². The SMILES string of the molecule is Cc1ccn(-c2cc(-c3ccc(F)c(F)c3)ccc2[C@@H](Oc2cc(N3CCC4(CC3)CN[C@H](C(=O)O)C4)nc(C)n2)C(F)(F)F)n1. The highest BCUT2D eigenvalue weighted by Crippen LogP contribution is 2.42. The van der Waals surface area contributed by atoms with Gasteiger partial charge in [0.2, 0.25) is 12.0 Å². The van der Waals surface area contributed by atoms with Crippen LogP contribution in [0.3, 0.4) is 0 Å². The summed E-state index contributed by atoms with van der Waals surface area (Å²) < 4.78 is 78.9. The third-order valence-corrected chi connectivity index (χ3v) is 8.68. The number of anilines is 1. The molecule has 1 spiro atoms. The van der Waals surface area contributed by atoms with Crippen LogP contribution in [0.5, 0.6) is 5.88 Å². The number of nitrogens with one attached hydrogen (secondary N) is 1. The minimum Gasteiger partial charge on any atom is -0.480 e. The summed E-state index contributed by atoms with van der Waals surface area (Å²) in [5.74, 6) is -2.64. The Bertz CT molecular complexity index is 1770. The quantitative estimate of drug-likeness (QED) is 0.239. The van der Waals surface area contributed by atoms with Crippen LogP contribution in [0.25, 0.3) is 16.8 Å². The third-order valence-electron chi connectivity index (χ3n) is 8.68. The van der Waals surface area contributed by atoms with E-state index in [1.165, 1.54) is 41.2 Å². The van der Waals surface area contributed by atoms with E-state index in [4.69, 9.17) is 4.74 Å². The fraction of sp³-hybridized carbons (Fsp3) is 0.375. The van der Waals surface area contributed by atoms with E-state index in [1.54, 1.807) is 19.9 Å². The zero-order valence-electron chi connectivity index (χ0n) is 25.0. The first-order valence-corrected chi connectivity index (χ1v) is 14.7. The van der Waals surface area contributed by atoms with E-state index in [9.17, 15) is 31.9 Å². The molecule has 0 saturated carbocycles. The van der Waals surface area contributed by atoms with E-state index in [2.05, 4.69) is 20.4 Å². The monoisotopic (exact) mass is 642 g/mol. The van der Waals surface area contributed by atoms with Crippen molar-refractivity contribution in [2.75, 3.05) is 24.5 Å². The van der Waals surface area contributed by atoms with Crippen molar-refractivity contribution in [3.05, 3.63) is 83.4 Å². The molecule has 0 radical (unpaired) electrons. The number of hydrogen-bond acceptors (Lipinski definition) is 7. The lowest BCUT2D eigenvalue weighted by atomic mass is 9.76. The maximum absolute atomic E-state index is 14.8. The van der Waals surface area contributed by atoms with Gasteiger partial charge < -0.3 is 20.1 Å². The van der Waals surface area contributed by atoms with Crippen molar-refractivity contribution in [2.45, 2.75) is 51.4 Å². The van der Waals surface area contributed by atoms with Crippen molar-refractivity contribution in [2.24, 2.45) is 5.41 Å². The number of aryl methyl sites for hydroxylation is 2. The van der Waals surface area contributed by atoms with Crippen molar-refractivity contribution < 1.29 is 36.6 Å². The lowest BCUT2D eigenvalue weighted by molar-refractivity contribution is -0.198. The number of alkyl halides is 3. The molecule has 14 heteroatoms. The van der Waals surface area contributed by atoms with Gasteiger partial charge in [-0.05, 0) is 73.9 Å². The standard InChI is InChI=1S/C32H31F5N6O3/c1-18-7-10-43(41-18)26-14-21(20-4-6-23(33)24(34)13-20)3-5-22(26)29(32(35,36)37)46-28-15-27(39-19(2)40-28)42-11-8-31(9-12-42)16-25(30(44)45)38-17-31/h3-7,10,13-15,25,29,38H,8-9,11-12,16-17H2,1-2H3,(H,44,45)/t25-,29+/m0/s1. The molecular formula is C32H31F5N6O3. The highest BCUT2D eigenvalue weighted by atomic mass is 19.4. The van der Waals surface area contributed by atoms with Gasteiger partial charge in [-0.15, -0.1) is 0 Å². The topological polar surface area (TPSA) is 105 Å². The summed E-state index contributed by atoms with van der Waals surface area (Å²) in [6.07, 6.45) is -3.92. The summed E-state index contributed by atoms with van der Waals surface area (Å²) in [6.45, 7) is 4.93. The molecular weight excluding hydrogens is 611 g/mol. The molecule has 2 fully saturated rings. The van der Waals surface area contributed by atoms with Crippen LogP contribution in [0.4, 0.5) is 27.8 Å². The molecule has 0 bridgehead atoms. The van der Waals surface area contributed by atoms with Crippen LogP contribution < -0.4 is 15.0 Å². The number of hydrogen-bond donors (Lipinski definition) is 2. The van der Waals surface area contributed by atoms with E-state index in [1.807, 2.05) is 4.90 Å². The minimum atomic E-state index is -4.88. The van der Waals surface area contributed by atoms with Crippen LogP contribution in [0.15, 0.2) is 54.7 Å². The predicted octanol–water partition coefficient (Wildman–Crippen LogP) is 5.94. The highest BCUT2D eigenvalue weighted by molar-refractivity contribution is 5.74. The highest BCUT2D eigenvalue weighted by Gasteiger charge is 2.46. The van der Waals surface area contributed by atoms with Gasteiger partial charge in [-0.3, -0.25) is 4.79 Å². The Morgan fingerprint density at radius 2 is 1.74 bits per heavy atom. The number of nitrogens with zero attached hydrogens (tertiary/aromatic N) is 5. The Kier molecular flexibility index (Phi) is 8.17. The summed E-state index contributed by atoms with van der Waals surface area (Å²) in [4.78, 5) is 22.0. The normalized spacial score (nSPS) is 18.6. The number of halogens is 5. The fourth-order valence-corrected chi connectivity index (χ4v) is 6.23. The van der Waals surface area contributed by atoms with Gasteiger partial charge in [0.25, 0.3) is 0 Å². The molecule has 2 aromatic heterocycles. The van der Waals surface area contributed by atoms with E-state index >= 15 is 0 Å². The zero-order chi connectivity index (χ0) is 32.8. The number of aliphatic carboxylic acids is 1. The second-order valence-corrected chi connectivity index (χ2v) is 11.9. The molecule has 2 N–H and O–H groups in total. The van der Waals surface area contributed by atoms with Crippen LogP contribution in [0.1, 0.15) is 42.4 Å². The Hall–Kier alpha value is -4.59. The Labute approximate surface area is 261 Å². The van der Waals surface area contributed by atoms with Crippen LogP contribution in [0.2, 0.25) is 0 Å². The lowest BCUT2D eigenvalue weighted by Gasteiger charge is -2.39. The van der Waals surface area contributed by atoms with E-state index in [-0.39, 0.29) is 33.9 Å². The second kappa shape index (κ2) is 12.0. The van der Waals surface area contributed by atoms with Gasteiger partial charge in [0.1, 0.15) is 17.7 Å². The van der Waals surface area contributed by atoms with E-state index in [0.717, 1.165) is 12.1 Å². The second-order valence-electron chi connectivity index (χ2n) is 11.9. The van der Waals surface area contributed by atoms with E-state index in [0.29, 0.717) is 56.0 Å². The van der Waals surface area contributed by atoms with Crippen molar-refractivity contribution in [3.63, 3.8) is 0 Å². The molecule has 6 rings (SSSR count). The van der Waals surface area contributed by atoms with Crippen LogP contribution in [0, 0.1) is 30.9 Å². The minimum absolute atomic E-state index is 0.0369. The summed E-state index contributed by atoms with van der Waals surface area (Å²) in [7, 11) is 0. The van der Waals surface area contributed by atoms with Gasteiger partial charge in [0.05, 0.1) is 11.4 Å². The average molecular weight is 643 g/mol. The zero-order valence-corrected chi connectivity index (χ0v) is 25.0. The third kappa shape index (κ3) is 6.39. The van der Waals surface area contributed by atoms with Crippen molar-refractivity contribution in [3.8, 4) is 22.7 Å². The maximum Gasteiger partial charge on any atom is 0.429 e. The smallest absolute Gasteiger partial charge is 0.429 e. The maximum atomic E-state index is 14.8. The number of carboxylic acids is 1. The predicted molar refractivity (Wildman–Crippen MR) is 158 cm³/mol. The summed E-state index contributed by atoms with van der Waals surface area (Å²) in [5, 5.41) is 16.8. The van der Waals surface area contributed by atoms with Crippen LogP contribution in [-0.4, -0.2) is 62.7 Å². The molecule has 4 heterocycles. The number of ether oxygens (including phenoxy) is 1. The largest absolute Gasteiger partial charge is 0.480 e. The molecule has 9 nitrogen and oxygen atoms in total. The van der Waals surface area contributed by atoms with Gasteiger partial charge >= 0.3 is 12.1 Å². The summed E-state index contributed by atoms with van der Waals surface area (Å²) >= 11 is 0. The number of carboxylic acid groups (broad SMARTS) is 1. The first kappa shape index (κ1) is 31.4. The number of rotatable bonds is 7. The number of piperidine rings is 1. The molecule has 0 unspecified atom stereocenters. The molecule has 2 aliphatic rings. The van der Waals surface area contributed by atoms with E-state index < -0.39 is 35.9 Å². The lowest BCUT2D eigenvalue weighted by Crippen LogP contribution is -2.41. The molecule has 0 amide bonds. The van der Waals surface area contributed by atoms with Gasteiger partial charge in [-0.1, -0.05) is 18.2 Å². The van der Waals surface area contributed by atoms with Gasteiger partial charge in [-0.25, -0.2) is 18.4 Å².